The van der Waals surface area contributed by atoms with E-state index < -0.39 is 0 Å². The van der Waals surface area contributed by atoms with Crippen molar-refractivity contribution < 1.29 is 0 Å². The summed E-state index contributed by atoms with van der Waals surface area (Å²) in [6.07, 6.45) is 1.26. The van der Waals surface area contributed by atoms with Gasteiger partial charge in [0, 0.05) is 28.1 Å². The summed E-state index contributed by atoms with van der Waals surface area (Å²) in [5, 5.41) is 3.40. The highest BCUT2D eigenvalue weighted by Gasteiger charge is 2.18. The van der Waals surface area contributed by atoms with E-state index >= 15 is 0 Å². The standard InChI is InChI=1S/C12H16Br2N2/c1-16(10-4-5-15-7-10)8-9-2-3-11(13)12(14)6-9/h2-3,6,10,15H,4-5,7-8H2,1H3. The highest BCUT2D eigenvalue weighted by atomic mass is 79.9. The fraction of sp³-hybridized carbons (Fsp3) is 0.500. The summed E-state index contributed by atoms with van der Waals surface area (Å²) in [4.78, 5) is 2.43. The van der Waals surface area contributed by atoms with Crippen LogP contribution in [0.3, 0.4) is 0 Å². The number of hydrogen-bond acceptors (Lipinski definition) is 2. The molecule has 16 heavy (non-hydrogen) atoms. The van der Waals surface area contributed by atoms with Crippen LogP contribution in [0.5, 0.6) is 0 Å². The number of nitrogens with one attached hydrogen (secondary N) is 1. The third-order valence-corrected chi connectivity index (χ3v) is 4.95. The van der Waals surface area contributed by atoms with Crippen LogP contribution < -0.4 is 5.32 Å². The molecular formula is C12H16Br2N2. The lowest BCUT2D eigenvalue weighted by atomic mass is 10.1. The molecule has 88 valence electrons. The van der Waals surface area contributed by atoms with Crippen LogP contribution in [-0.4, -0.2) is 31.1 Å². The zero-order chi connectivity index (χ0) is 11.5. The largest absolute Gasteiger partial charge is 0.315 e. The van der Waals surface area contributed by atoms with Gasteiger partial charge in [0.05, 0.1) is 0 Å². The fourth-order valence-corrected chi connectivity index (χ4v) is 2.74. The van der Waals surface area contributed by atoms with Crippen LogP contribution in [0.1, 0.15) is 12.0 Å². The van der Waals surface area contributed by atoms with E-state index in [1.54, 1.807) is 0 Å². The van der Waals surface area contributed by atoms with Crippen LogP contribution in [0.4, 0.5) is 0 Å². The Morgan fingerprint density at radius 1 is 1.38 bits per heavy atom. The van der Waals surface area contributed by atoms with Gasteiger partial charge < -0.3 is 5.32 Å². The van der Waals surface area contributed by atoms with Crippen LogP contribution in [-0.2, 0) is 6.54 Å². The van der Waals surface area contributed by atoms with E-state index in [0.717, 1.165) is 28.6 Å². The monoisotopic (exact) mass is 346 g/mol. The minimum atomic E-state index is 0.683. The number of nitrogens with zero attached hydrogens (tertiary/aromatic N) is 1. The number of benzene rings is 1. The maximum Gasteiger partial charge on any atom is 0.0320 e. The van der Waals surface area contributed by atoms with Crippen molar-refractivity contribution in [3.8, 4) is 0 Å². The second kappa shape index (κ2) is 5.63. The zero-order valence-corrected chi connectivity index (χ0v) is 12.5. The first-order chi connectivity index (χ1) is 7.66. The lowest BCUT2D eigenvalue weighted by Gasteiger charge is -2.23. The van der Waals surface area contributed by atoms with Gasteiger partial charge in [-0.15, -0.1) is 0 Å². The Morgan fingerprint density at radius 3 is 2.81 bits per heavy atom. The first kappa shape index (κ1) is 12.6. The van der Waals surface area contributed by atoms with Crippen LogP contribution in [0.2, 0.25) is 0 Å². The smallest absolute Gasteiger partial charge is 0.0320 e. The average molecular weight is 348 g/mol. The van der Waals surface area contributed by atoms with Gasteiger partial charge in [0.25, 0.3) is 0 Å². The topological polar surface area (TPSA) is 15.3 Å². The maximum atomic E-state index is 3.54. The van der Waals surface area contributed by atoms with Gasteiger partial charge in [-0.25, -0.2) is 0 Å². The quantitative estimate of drug-likeness (QED) is 0.904. The molecule has 0 spiro atoms. The molecule has 0 aromatic heterocycles. The maximum absolute atomic E-state index is 3.54. The van der Waals surface area contributed by atoms with Gasteiger partial charge >= 0.3 is 0 Å². The van der Waals surface area contributed by atoms with E-state index in [1.165, 1.54) is 12.0 Å². The Kier molecular flexibility index (Phi) is 4.41. The number of rotatable bonds is 3. The van der Waals surface area contributed by atoms with E-state index in [4.69, 9.17) is 0 Å². The first-order valence-electron chi connectivity index (χ1n) is 5.51. The van der Waals surface area contributed by atoms with Gasteiger partial charge in [0.15, 0.2) is 0 Å². The van der Waals surface area contributed by atoms with Crippen molar-refractivity contribution in [2.24, 2.45) is 0 Å². The van der Waals surface area contributed by atoms with Crippen molar-refractivity contribution in [2.45, 2.75) is 19.0 Å². The second-order valence-corrected chi connectivity index (χ2v) is 6.02. The third-order valence-electron chi connectivity index (χ3n) is 3.07. The molecule has 0 radical (unpaired) electrons. The van der Waals surface area contributed by atoms with Gasteiger partial charge in [-0.3, -0.25) is 4.90 Å². The number of hydrogen-bond donors (Lipinski definition) is 1. The summed E-state index contributed by atoms with van der Waals surface area (Å²) in [5.41, 5.74) is 1.35. The summed E-state index contributed by atoms with van der Waals surface area (Å²) < 4.78 is 2.24. The van der Waals surface area contributed by atoms with Crippen LogP contribution >= 0.6 is 31.9 Å². The summed E-state index contributed by atoms with van der Waals surface area (Å²) >= 11 is 7.03. The predicted molar refractivity (Wildman–Crippen MR) is 74.6 cm³/mol. The fourth-order valence-electron chi connectivity index (χ4n) is 2.07. The predicted octanol–water partition coefficient (Wildman–Crippen LogP) is 3.01. The molecule has 1 heterocycles. The zero-order valence-electron chi connectivity index (χ0n) is 9.34. The molecule has 1 N–H and O–H groups in total. The van der Waals surface area contributed by atoms with Crippen molar-refractivity contribution in [1.82, 2.24) is 10.2 Å². The average Bonchev–Trinajstić information content (AvgIpc) is 2.77. The van der Waals surface area contributed by atoms with Gasteiger partial charge in [-0.2, -0.15) is 0 Å². The van der Waals surface area contributed by atoms with E-state index in [-0.39, 0.29) is 0 Å². The molecule has 4 heteroatoms. The Balaban J connectivity index is 1.99. The van der Waals surface area contributed by atoms with Crippen molar-refractivity contribution in [2.75, 3.05) is 20.1 Å². The van der Waals surface area contributed by atoms with Crippen LogP contribution in [0, 0.1) is 0 Å². The minimum Gasteiger partial charge on any atom is -0.315 e. The van der Waals surface area contributed by atoms with Crippen molar-refractivity contribution in [1.29, 1.82) is 0 Å². The summed E-state index contributed by atoms with van der Waals surface area (Å²) in [6.45, 7) is 3.28. The molecular weight excluding hydrogens is 332 g/mol. The van der Waals surface area contributed by atoms with Crippen LogP contribution in [0.15, 0.2) is 27.1 Å². The van der Waals surface area contributed by atoms with Gasteiger partial charge in [0.2, 0.25) is 0 Å². The normalized spacial score (nSPS) is 20.6. The molecule has 1 fully saturated rings. The number of halogens is 2. The molecule has 2 rings (SSSR count). The summed E-state index contributed by atoms with van der Waals surface area (Å²) in [6, 6.07) is 7.14. The van der Waals surface area contributed by atoms with Crippen molar-refractivity contribution in [3.63, 3.8) is 0 Å². The first-order valence-corrected chi connectivity index (χ1v) is 7.10. The molecule has 1 atom stereocenters. The van der Waals surface area contributed by atoms with Gasteiger partial charge in [-0.1, -0.05) is 6.07 Å². The Morgan fingerprint density at radius 2 is 2.19 bits per heavy atom. The van der Waals surface area contributed by atoms with E-state index in [1.807, 2.05) is 0 Å². The summed E-state index contributed by atoms with van der Waals surface area (Å²) in [5.74, 6) is 0. The molecule has 1 unspecified atom stereocenters. The van der Waals surface area contributed by atoms with Crippen molar-refractivity contribution in [3.05, 3.63) is 32.7 Å². The molecule has 0 amide bonds. The molecule has 0 bridgehead atoms. The third kappa shape index (κ3) is 3.06. The molecule has 1 aromatic carbocycles. The molecule has 2 nitrogen and oxygen atoms in total. The Hall–Kier alpha value is 0.1000. The highest BCUT2D eigenvalue weighted by Crippen LogP contribution is 2.24. The van der Waals surface area contributed by atoms with Gasteiger partial charge in [-0.05, 0) is 69.6 Å². The lowest BCUT2D eigenvalue weighted by molar-refractivity contribution is 0.249. The Labute approximate surface area is 114 Å². The minimum absolute atomic E-state index is 0.683. The molecule has 0 saturated carbocycles. The van der Waals surface area contributed by atoms with E-state index in [0.29, 0.717) is 6.04 Å². The lowest BCUT2D eigenvalue weighted by Crippen LogP contribution is -2.32. The van der Waals surface area contributed by atoms with E-state index in [2.05, 4.69) is 67.3 Å². The molecule has 1 aliphatic rings. The van der Waals surface area contributed by atoms with E-state index in [9.17, 15) is 0 Å². The van der Waals surface area contributed by atoms with Crippen molar-refractivity contribution >= 4 is 31.9 Å². The summed E-state index contributed by atoms with van der Waals surface area (Å²) in [7, 11) is 2.20. The van der Waals surface area contributed by atoms with Crippen LogP contribution in [0.25, 0.3) is 0 Å². The molecule has 0 aliphatic carbocycles. The SMILES string of the molecule is CN(Cc1ccc(Br)c(Br)c1)C1CCNC1. The second-order valence-electron chi connectivity index (χ2n) is 4.31. The Bertz CT molecular complexity index is 362. The molecule has 1 aromatic rings. The molecule has 1 saturated heterocycles. The highest BCUT2D eigenvalue weighted by molar-refractivity contribution is 9.13. The van der Waals surface area contributed by atoms with Gasteiger partial charge in [0.1, 0.15) is 0 Å². The molecule has 1 aliphatic heterocycles. The number of likely N-dealkylation sites (N-methyl/N-ethyl adjacent to an activating group) is 1.